The highest BCUT2D eigenvalue weighted by Crippen LogP contribution is 2.18. The Labute approximate surface area is 133 Å². The van der Waals surface area contributed by atoms with Crippen molar-refractivity contribution in [3.63, 3.8) is 0 Å². The second-order valence-electron chi connectivity index (χ2n) is 5.30. The number of nitrogens with zero attached hydrogens (tertiary/aromatic N) is 1. The molecule has 0 unspecified atom stereocenters. The Kier molecular flexibility index (Phi) is 6.77. The maximum absolute atomic E-state index is 5.94. The van der Waals surface area contributed by atoms with Gasteiger partial charge in [-0.05, 0) is 48.3 Å². The van der Waals surface area contributed by atoms with Crippen molar-refractivity contribution in [1.29, 1.82) is 0 Å². The van der Waals surface area contributed by atoms with E-state index >= 15 is 0 Å². The van der Waals surface area contributed by atoms with Gasteiger partial charge < -0.3 is 5.73 Å². The van der Waals surface area contributed by atoms with Crippen LogP contribution in [0.25, 0.3) is 10.8 Å². The highest BCUT2D eigenvalue weighted by atomic mass is 35.5. The fraction of sp³-hybridized carbons (Fsp3) is 0.375. The summed E-state index contributed by atoms with van der Waals surface area (Å²) < 4.78 is 0. The van der Waals surface area contributed by atoms with Gasteiger partial charge in [-0.1, -0.05) is 36.4 Å². The fourth-order valence-electron chi connectivity index (χ4n) is 2.71. The number of hydrogen-bond donors (Lipinski definition) is 1. The summed E-state index contributed by atoms with van der Waals surface area (Å²) in [6.45, 7) is 3.32. The molecule has 1 heterocycles. The van der Waals surface area contributed by atoms with Gasteiger partial charge in [-0.15, -0.1) is 24.8 Å². The minimum absolute atomic E-state index is 0. The normalized spacial score (nSPS) is 16.4. The van der Waals surface area contributed by atoms with E-state index < -0.39 is 0 Å². The molecule has 0 aliphatic carbocycles. The molecule has 20 heavy (non-hydrogen) atoms. The molecule has 0 atom stereocenters. The molecule has 0 amide bonds. The van der Waals surface area contributed by atoms with Crippen molar-refractivity contribution < 1.29 is 0 Å². The van der Waals surface area contributed by atoms with Crippen LogP contribution in [0.5, 0.6) is 0 Å². The third-order valence-electron chi connectivity index (χ3n) is 3.85. The van der Waals surface area contributed by atoms with Crippen LogP contribution in [0.15, 0.2) is 42.5 Å². The van der Waals surface area contributed by atoms with Crippen molar-refractivity contribution in [2.45, 2.75) is 25.4 Å². The van der Waals surface area contributed by atoms with Crippen LogP contribution < -0.4 is 5.73 Å². The van der Waals surface area contributed by atoms with Crippen molar-refractivity contribution in [3.05, 3.63) is 48.0 Å². The smallest absolute Gasteiger partial charge is 0.0233 e. The molecule has 2 aromatic rings. The molecule has 110 valence electrons. The molecule has 0 bridgehead atoms. The summed E-state index contributed by atoms with van der Waals surface area (Å²) >= 11 is 0. The van der Waals surface area contributed by atoms with Gasteiger partial charge in [0, 0.05) is 12.6 Å². The number of benzene rings is 2. The van der Waals surface area contributed by atoms with Gasteiger partial charge in [0.2, 0.25) is 0 Å². The molecule has 0 aromatic heterocycles. The molecular weight excluding hydrogens is 291 g/mol. The van der Waals surface area contributed by atoms with Gasteiger partial charge in [0.25, 0.3) is 0 Å². The Morgan fingerprint density at radius 1 is 0.950 bits per heavy atom. The van der Waals surface area contributed by atoms with Gasteiger partial charge in [-0.2, -0.15) is 0 Å². The zero-order valence-corrected chi connectivity index (χ0v) is 13.1. The molecule has 1 fully saturated rings. The van der Waals surface area contributed by atoms with Crippen molar-refractivity contribution in [3.8, 4) is 0 Å². The first-order valence-corrected chi connectivity index (χ1v) is 6.77. The lowest BCUT2D eigenvalue weighted by atomic mass is 10.0. The van der Waals surface area contributed by atoms with Gasteiger partial charge >= 0.3 is 0 Å². The molecule has 1 aliphatic heterocycles. The topological polar surface area (TPSA) is 29.3 Å². The molecule has 0 saturated carbocycles. The fourth-order valence-corrected chi connectivity index (χ4v) is 2.71. The number of piperidine rings is 1. The molecule has 2 N–H and O–H groups in total. The monoisotopic (exact) mass is 312 g/mol. The summed E-state index contributed by atoms with van der Waals surface area (Å²) in [5.74, 6) is 0. The summed E-state index contributed by atoms with van der Waals surface area (Å²) in [7, 11) is 0. The van der Waals surface area contributed by atoms with E-state index in [0.29, 0.717) is 6.04 Å². The number of halogens is 2. The first-order chi connectivity index (χ1) is 8.81. The van der Waals surface area contributed by atoms with Crippen LogP contribution in [0.1, 0.15) is 18.4 Å². The lowest BCUT2D eigenvalue weighted by Gasteiger charge is -2.30. The van der Waals surface area contributed by atoms with E-state index in [0.717, 1.165) is 32.5 Å². The number of fused-ring (bicyclic) bond motifs is 1. The minimum Gasteiger partial charge on any atom is -0.328 e. The van der Waals surface area contributed by atoms with Gasteiger partial charge in [0.05, 0.1) is 0 Å². The van der Waals surface area contributed by atoms with Crippen LogP contribution in [0.4, 0.5) is 0 Å². The zero-order valence-electron chi connectivity index (χ0n) is 11.5. The van der Waals surface area contributed by atoms with Crippen LogP contribution >= 0.6 is 24.8 Å². The first-order valence-electron chi connectivity index (χ1n) is 6.77. The zero-order chi connectivity index (χ0) is 12.4. The van der Waals surface area contributed by atoms with Gasteiger partial charge in [-0.25, -0.2) is 0 Å². The maximum Gasteiger partial charge on any atom is 0.0233 e. The van der Waals surface area contributed by atoms with Crippen LogP contribution in [-0.4, -0.2) is 24.0 Å². The second-order valence-corrected chi connectivity index (χ2v) is 5.30. The second kappa shape index (κ2) is 7.84. The Bertz CT molecular complexity index is 537. The standard InChI is InChI=1S/C16H20N2.2ClH/c17-16-7-9-18(10-8-16)12-13-5-6-14-3-1-2-4-15(14)11-13;;/h1-6,11,16H,7-10,12,17H2;2*1H. The summed E-state index contributed by atoms with van der Waals surface area (Å²) in [5, 5.41) is 2.66. The third-order valence-corrected chi connectivity index (χ3v) is 3.85. The molecule has 2 nitrogen and oxygen atoms in total. The molecule has 1 saturated heterocycles. The van der Waals surface area contributed by atoms with Gasteiger partial charge in [0.1, 0.15) is 0 Å². The molecule has 3 rings (SSSR count). The van der Waals surface area contributed by atoms with E-state index in [9.17, 15) is 0 Å². The predicted octanol–water partition coefficient (Wildman–Crippen LogP) is 3.61. The van der Waals surface area contributed by atoms with Crippen LogP contribution in [0.2, 0.25) is 0 Å². The highest BCUT2D eigenvalue weighted by Gasteiger charge is 2.15. The van der Waals surface area contributed by atoms with Gasteiger partial charge in [0.15, 0.2) is 0 Å². The maximum atomic E-state index is 5.94. The molecule has 2 aromatic carbocycles. The molecule has 0 spiro atoms. The molecule has 0 radical (unpaired) electrons. The van der Waals surface area contributed by atoms with Crippen LogP contribution in [0, 0.1) is 0 Å². The summed E-state index contributed by atoms with van der Waals surface area (Å²) in [4.78, 5) is 2.51. The molecular formula is C16H22Cl2N2. The van der Waals surface area contributed by atoms with Crippen molar-refractivity contribution >= 4 is 35.6 Å². The van der Waals surface area contributed by atoms with E-state index in [2.05, 4.69) is 47.4 Å². The average Bonchev–Trinajstić information content (AvgIpc) is 2.41. The van der Waals surface area contributed by atoms with E-state index in [1.807, 2.05) is 0 Å². The SMILES string of the molecule is Cl.Cl.NC1CCN(Cc2ccc3ccccc3c2)CC1. The summed E-state index contributed by atoms with van der Waals surface area (Å²) in [6.07, 6.45) is 2.27. The van der Waals surface area contributed by atoms with Crippen molar-refractivity contribution in [2.75, 3.05) is 13.1 Å². The van der Waals surface area contributed by atoms with E-state index in [4.69, 9.17) is 5.73 Å². The summed E-state index contributed by atoms with van der Waals surface area (Å²) in [6, 6.07) is 15.7. The Morgan fingerprint density at radius 3 is 2.30 bits per heavy atom. The van der Waals surface area contributed by atoms with E-state index in [1.165, 1.54) is 16.3 Å². The minimum atomic E-state index is 0. The predicted molar refractivity (Wildman–Crippen MR) is 90.9 cm³/mol. The Balaban J connectivity index is 0.000001000. The number of nitrogens with two attached hydrogens (primary N) is 1. The quantitative estimate of drug-likeness (QED) is 0.918. The average molecular weight is 313 g/mol. The molecule has 4 heteroatoms. The van der Waals surface area contributed by atoms with Crippen molar-refractivity contribution in [1.82, 2.24) is 4.90 Å². The number of rotatable bonds is 2. The van der Waals surface area contributed by atoms with Crippen molar-refractivity contribution in [2.24, 2.45) is 5.73 Å². The van der Waals surface area contributed by atoms with Gasteiger partial charge in [-0.3, -0.25) is 4.90 Å². The lowest BCUT2D eigenvalue weighted by molar-refractivity contribution is 0.206. The third kappa shape index (κ3) is 4.10. The first kappa shape index (κ1) is 17.3. The highest BCUT2D eigenvalue weighted by molar-refractivity contribution is 5.85. The van der Waals surface area contributed by atoms with Crippen LogP contribution in [-0.2, 0) is 6.54 Å². The van der Waals surface area contributed by atoms with Crippen LogP contribution in [0.3, 0.4) is 0 Å². The van der Waals surface area contributed by atoms with E-state index in [-0.39, 0.29) is 24.8 Å². The Hall–Kier alpha value is -0.800. The summed E-state index contributed by atoms with van der Waals surface area (Å²) in [5.41, 5.74) is 7.34. The number of likely N-dealkylation sites (tertiary alicyclic amines) is 1. The number of hydrogen-bond acceptors (Lipinski definition) is 2. The van der Waals surface area contributed by atoms with E-state index in [1.54, 1.807) is 0 Å². The Morgan fingerprint density at radius 2 is 1.60 bits per heavy atom. The lowest BCUT2D eigenvalue weighted by Crippen LogP contribution is -2.39. The largest absolute Gasteiger partial charge is 0.328 e. The molecule has 1 aliphatic rings.